The summed E-state index contributed by atoms with van der Waals surface area (Å²) in [5.41, 5.74) is -1.29. The van der Waals surface area contributed by atoms with Crippen LogP contribution in [0.15, 0.2) is 18.2 Å². The number of benzene rings is 1. The fourth-order valence-electron chi connectivity index (χ4n) is 5.69. The van der Waals surface area contributed by atoms with E-state index in [1.807, 2.05) is 72.0 Å². The van der Waals surface area contributed by atoms with Crippen molar-refractivity contribution in [3.8, 4) is 0 Å². The summed E-state index contributed by atoms with van der Waals surface area (Å²) in [6.07, 6.45) is 0.300. The monoisotopic (exact) mass is 918 g/mol. The molecule has 54 heavy (non-hydrogen) atoms. The normalized spacial score (nSPS) is 16.1. The van der Waals surface area contributed by atoms with Crippen LogP contribution in [0, 0.1) is 0 Å². The molecule has 0 saturated heterocycles. The molecule has 0 radical (unpaired) electrons. The zero-order valence-electron chi connectivity index (χ0n) is 35.5. The van der Waals surface area contributed by atoms with Crippen molar-refractivity contribution in [2.24, 2.45) is 0 Å². The average Bonchev–Trinajstić information content (AvgIpc) is 2.91. The topological polar surface area (TPSA) is 190 Å². The molecule has 300 valence electrons. The summed E-state index contributed by atoms with van der Waals surface area (Å²) in [6, 6.07) is 3.28. The molecule has 5 unspecified atom stereocenters. The molecular weight excluding hydrogens is 859 g/mol. The minimum Gasteiger partial charge on any atom is -0.545 e. The fraction of sp³-hybridized carbons (Fsp3) is 0.667. The molecule has 0 amide bonds. The number of carbonyl (C=O) groups excluding carboxylic acids is 3. The number of esters is 1. The van der Waals surface area contributed by atoms with Crippen LogP contribution in [0.1, 0.15) is 37.5 Å². The van der Waals surface area contributed by atoms with E-state index in [9.17, 15) is 24.6 Å². The van der Waals surface area contributed by atoms with Crippen molar-refractivity contribution in [3.63, 3.8) is 0 Å². The van der Waals surface area contributed by atoms with E-state index >= 15 is 0 Å². The molecule has 0 spiro atoms. The first-order chi connectivity index (χ1) is 23.6. The molecule has 27 heteroatoms. The number of rotatable bonds is 25. The number of carboxylic acid groups (broad SMARTS) is 2. The third kappa shape index (κ3) is 23.3. The van der Waals surface area contributed by atoms with Crippen LogP contribution in [0.5, 0.6) is 0 Å². The van der Waals surface area contributed by atoms with E-state index in [1.54, 1.807) is 0 Å². The minimum absolute atomic E-state index is 0. The second kappa shape index (κ2) is 24.7. The van der Waals surface area contributed by atoms with Gasteiger partial charge in [-0.15, -0.1) is 0 Å². The summed E-state index contributed by atoms with van der Waals surface area (Å²) in [6.45, 7) is 30.0. The van der Waals surface area contributed by atoms with E-state index in [0.29, 0.717) is 12.5 Å². The van der Waals surface area contributed by atoms with E-state index in [0.717, 1.165) is 18.2 Å². The molecule has 1 aromatic carbocycles. The van der Waals surface area contributed by atoms with Crippen molar-refractivity contribution in [3.05, 3.63) is 34.9 Å². The van der Waals surface area contributed by atoms with Gasteiger partial charge in [0, 0.05) is 5.56 Å². The van der Waals surface area contributed by atoms with E-state index in [4.69, 9.17) is 41.8 Å². The maximum absolute atomic E-state index is 12.9. The van der Waals surface area contributed by atoms with E-state index < -0.39 is 118 Å². The molecule has 0 N–H and O–H groups in total. The Balaban J connectivity index is 0. The van der Waals surface area contributed by atoms with Crippen LogP contribution in [0.25, 0.3) is 0 Å². The van der Waals surface area contributed by atoms with Crippen LogP contribution in [0.4, 0.5) is 0 Å². The molecule has 0 aliphatic rings. The zero-order valence-corrected chi connectivity index (χ0v) is 46.5. The van der Waals surface area contributed by atoms with Crippen LogP contribution in [0.2, 0.25) is 104 Å². The summed E-state index contributed by atoms with van der Waals surface area (Å²) in [7, 11) is -21.7. The van der Waals surface area contributed by atoms with Crippen LogP contribution in [-0.4, -0.2) is 114 Å². The second-order valence-corrected chi connectivity index (χ2v) is 43.9. The van der Waals surface area contributed by atoms with Crippen LogP contribution < -0.4 is 47.9 Å². The molecule has 0 aliphatic carbocycles. The van der Waals surface area contributed by atoms with E-state index in [-0.39, 0.29) is 49.9 Å². The summed E-state index contributed by atoms with van der Waals surface area (Å²) in [5, 5.41) is 22.9. The quantitative estimate of drug-likeness (QED) is 0.0520. The molecule has 0 bridgehead atoms. The molecule has 1 rings (SSSR count). The number of aromatic carboxylic acids is 2. The molecule has 1 aromatic rings. The van der Waals surface area contributed by atoms with Gasteiger partial charge in [0.1, 0.15) is 9.76 Å². The van der Waals surface area contributed by atoms with Crippen LogP contribution in [0.3, 0.4) is 0 Å². The van der Waals surface area contributed by atoms with Crippen LogP contribution in [-0.2, 0) is 41.8 Å². The SMILES string of the molecule is C[SiH2]O[Si](C)(C)O[Si](C)(C)O[Si](C)(C)O[Si](C)(CCCOC(=O)c1cc(C(=O)[O-])ccc1C(=O)[O-])O[SiH](C)O[SiH](C)O[SiH](C)O[SiH](C)O[Si](C)(C)C.[Li+].[Li+]. The number of hydrogen-bond donors (Lipinski definition) is 0. The smallest absolute Gasteiger partial charge is 0.545 e. The van der Waals surface area contributed by atoms with Gasteiger partial charge in [-0.2, -0.15) is 0 Å². The number of ether oxygens (including phenoxy) is 1. The van der Waals surface area contributed by atoms with Crippen molar-refractivity contribution in [2.45, 2.75) is 111 Å². The number of carbonyl (C=O) groups is 3. The first-order valence-electron chi connectivity index (χ1n) is 17.4. The Labute approximate surface area is 361 Å². The zero-order chi connectivity index (χ0) is 40.3. The van der Waals surface area contributed by atoms with Gasteiger partial charge in [-0.05, 0) is 116 Å². The van der Waals surface area contributed by atoms with Gasteiger partial charge in [-0.3, -0.25) is 0 Å². The standard InChI is InChI=1S/C27H62O15Si10.2Li/c1-43-34-49(9,10)40-50(11,12)41-51(13,14)42-52(15,39-47(5)37-45(3)35-44(2)36-46(4)38-48(6,7)8)20-16-19-33-27(32)24-21-22(25(28)29)17-18-23(24)26(30)31;;/h17-18,21,44-47H,16,19-20,43H2,1-15H3,(H,28,29)(H,30,31);;/q;2*+1/p-2. The van der Waals surface area contributed by atoms with Gasteiger partial charge in [-0.1, -0.05) is 18.7 Å². The Hall–Kier alpha value is 0.634. The molecule has 0 saturated carbocycles. The van der Waals surface area contributed by atoms with E-state index in [2.05, 4.69) is 26.2 Å². The van der Waals surface area contributed by atoms with Crippen LogP contribution >= 0.6 is 0 Å². The van der Waals surface area contributed by atoms with Gasteiger partial charge >= 0.3 is 77.9 Å². The van der Waals surface area contributed by atoms with Gasteiger partial charge in [0.25, 0.3) is 37.1 Å². The maximum atomic E-state index is 12.9. The molecule has 5 atom stereocenters. The molecule has 15 nitrogen and oxygen atoms in total. The molecule has 0 aliphatic heterocycles. The number of hydrogen-bond acceptors (Lipinski definition) is 15. The first-order valence-corrected chi connectivity index (χ1v) is 42.1. The first kappa shape index (κ1) is 56.7. The Morgan fingerprint density at radius 3 is 1.63 bits per heavy atom. The molecule has 0 fully saturated rings. The third-order valence-corrected chi connectivity index (χ3v) is 40.2. The predicted octanol–water partition coefficient (Wildman–Crippen LogP) is -4.34. The summed E-state index contributed by atoms with van der Waals surface area (Å²) in [5.74, 6) is -4.21. The molecule has 0 aromatic heterocycles. The molecule has 0 heterocycles. The van der Waals surface area contributed by atoms with Gasteiger partial charge in [0.15, 0.2) is 8.32 Å². The van der Waals surface area contributed by atoms with Crippen molar-refractivity contribution in [1.29, 1.82) is 0 Å². The minimum atomic E-state index is -3.10. The average molecular weight is 920 g/mol. The Morgan fingerprint density at radius 1 is 0.667 bits per heavy atom. The van der Waals surface area contributed by atoms with Gasteiger partial charge in [0.05, 0.1) is 24.1 Å². The summed E-state index contributed by atoms with van der Waals surface area (Å²) < 4.78 is 62.9. The van der Waals surface area contributed by atoms with Crippen molar-refractivity contribution in [1.82, 2.24) is 0 Å². The van der Waals surface area contributed by atoms with Gasteiger partial charge in [0.2, 0.25) is 0 Å². The predicted molar refractivity (Wildman–Crippen MR) is 218 cm³/mol. The fourth-order valence-corrected chi connectivity index (χ4v) is 42.6. The Kier molecular flexibility index (Phi) is 25.9. The van der Waals surface area contributed by atoms with Crippen molar-refractivity contribution < 1.29 is 104 Å². The van der Waals surface area contributed by atoms with E-state index in [1.165, 1.54) is 0 Å². The largest absolute Gasteiger partial charge is 1.00 e. The third-order valence-electron chi connectivity index (χ3n) is 6.72. The summed E-state index contributed by atoms with van der Waals surface area (Å²) in [4.78, 5) is 35.8. The van der Waals surface area contributed by atoms with Crippen molar-refractivity contribution >= 4 is 107 Å². The van der Waals surface area contributed by atoms with Gasteiger partial charge in [-0.25, -0.2) is 4.79 Å². The Morgan fingerprint density at radius 2 is 1.15 bits per heavy atom. The molecular formula is C27H60Li2O15Si10. The maximum Gasteiger partial charge on any atom is 1.00 e. The van der Waals surface area contributed by atoms with Gasteiger partial charge < -0.3 is 61.6 Å². The summed E-state index contributed by atoms with van der Waals surface area (Å²) >= 11 is 0. The van der Waals surface area contributed by atoms with Crippen molar-refractivity contribution in [2.75, 3.05) is 6.61 Å². The Bertz CT molecular complexity index is 1350. The number of carboxylic acids is 2. The second-order valence-electron chi connectivity index (χ2n) is 14.7.